The first-order chi connectivity index (χ1) is 27.7. The Balaban J connectivity index is -0.000000356. The Morgan fingerprint density at radius 1 is 0.228 bits per heavy atom. The molecule has 0 saturated heterocycles. The molecule has 0 aromatic rings. The van der Waals surface area contributed by atoms with Crippen LogP contribution in [0.15, 0.2) is 0 Å². The molecule has 0 aliphatic rings. The summed E-state index contributed by atoms with van der Waals surface area (Å²) in [5.74, 6) is -1.96. The fraction of sp³-hybridized carbons (Fsp3) is 0.941. The molecule has 0 aromatic heterocycles. The maximum atomic E-state index is 10.3. The van der Waals surface area contributed by atoms with Crippen molar-refractivity contribution in [2.75, 3.05) is 0 Å². The minimum Gasteiger partial charge on any atom is -0.481 e. The minimum absolute atomic E-state index is 0.345. The van der Waals surface area contributed by atoms with Crippen molar-refractivity contribution in [1.29, 1.82) is 0 Å². The molecule has 0 bridgehead atoms. The number of unbranched alkanes of at least 4 members (excludes halogenated alkanes) is 36. The Labute approximate surface area is 357 Å². The second-order valence-electron chi connectivity index (χ2n) is 16.9. The minimum atomic E-state index is -0.655. The lowest BCUT2D eigenvalue weighted by molar-refractivity contribution is -0.138. The van der Waals surface area contributed by atoms with Crippen molar-refractivity contribution in [3.63, 3.8) is 0 Å². The summed E-state index contributed by atoms with van der Waals surface area (Å²) in [5.41, 5.74) is 0. The number of carboxylic acid groups (broad SMARTS) is 3. The van der Waals surface area contributed by atoms with Crippen LogP contribution in [0.1, 0.15) is 311 Å². The average Bonchev–Trinajstić information content (AvgIpc) is 3.17. The molecule has 0 aliphatic carbocycles. The Bertz CT molecular complexity index is 644. The largest absolute Gasteiger partial charge is 0.481 e. The number of aliphatic carboxylic acids is 3. The zero-order valence-electron chi connectivity index (χ0n) is 39.5. The predicted octanol–water partition coefficient (Wildman–Crippen LogP) is 18.1. The van der Waals surface area contributed by atoms with Crippen molar-refractivity contribution >= 4 is 17.9 Å². The molecule has 0 fully saturated rings. The molecule has 0 heterocycles. The lowest BCUT2D eigenvalue weighted by atomic mass is 10.0. The van der Waals surface area contributed by atoms with Gasteiger partial charge in [-0.15, -0.1) is 0 Å². The number of carboxylic acids is 3. The molecule has 3 N–H and O–H groups in total. The highest BCUT2D eigenvalue weighted by Crippen LogP contribution is 2.15. The van der Waals surface area contributed by atoms with Crippen LogP contribution in [-0.2, 0) is 14.4 Å². The molecule has 0 aliphatic heterocycles. The van der Waals surface area contributed by atoms with Gasteiger partial charge >= 0.3 is 17.9 Å². The maximum Gasteiger partial charge on any atom is 0.303 e. The fourth-order valence-electron chi connectivity index (χ4n) is 6.88. The first-order valence-corrected chi connectivity index (χ1v) is 25.4. The fourth-order valence-corrected chi connectivity index (χ4v) is 6.88. The first-order valence-electron chi connectivity index (χ1n) is 25.4. The second kappa shape index (κ2) is 61.1. The SMILES string of the molecule is CCC.CCCCCCCCCCCCCCCC(=O)O.CCCCCCCCCCCCCCCC(=O)O.CCCCCCCCCCCCCCCC(=O)O. The Hall–Kier alpha value is -1.59. The Kier molecular flexibility index (Phi) is 66.5. The molecule has 0 atom stereocenters. The van der Waals surface area contributed by atoms with E-state index in [4.69, 9.17) is 15.3 Å². The standard InChI is InChI=1S/3C16H32O2.C3H8/c3*1-2-3-4-5-6-7-8-9-10-11-12-13-14-15-16(17)18;1-3-2/h3*2-15H2,1H3,(H,17,18);3H2,1-2H3. The molecule has 0 rings (SSSR count). The normalized spacial score (nSPS) is 10.5. The van der Waals surface area contributed by atoms with E-state index in [9.17, 15) is 14.4 Å². The summed E-state index contributed by atoms with van der Waals surface area (Å²) in [6.07, 6.45) is 53.1. The third-order valence-electron chi connectivity index (χ3n) is 10.5. The summed E-state index contributed by atoms with van der Waals surface area (Å²) in [5, 5.41) is 25.5. The van der Waals surface area contributed by atoms with E-state index < -0.39 is 17.9 Å². The van der Waals surface area contributed by atoms with Crippen LogP contribution >= 0.6 is 0 Å². The molecule has 0 amide bonds. The van der Waals surface area contributed by atoms with Crippen LogP contribution in [-0.4, -0.2) is 33.2 Å². The Morgan fingerprint density at radius 2 is 0.333 bits per heavy atom. The van der Waals surface area contributed by atoms with Crippen molar-refractivity contribution in [2.45, 2.75) is 311 Å². The predicted molar refractivity (Wildman–Crippen MR) is 250 cm³/mol. The number of rotatable bonds is 42. The molecular formula is C51H104O6. The Morgan fingerprint density at radius 3 is 0.439 bits per heavy atom. The third-order valence-corrected chi connectivity index (χ3v) is 10.5. The van der Waals surface area contributed by atoms with Crippen molar-refractivity contribution in [1.82, 2.24) is 0 Å². The molecule has 344 valence electrons. The van der Waals surface area contributed by atoms with E-state index in [0.29, 0.717) is 19.3 Å². The summed E-state index contributed by atoms with van der Waals surface area (Å²) in [6.45, 7) is 11.0. The quantitative estimate of drug-likeness (QED) is 0.0529. The molecule has 0 unspecified atom stereocenters. The number of hydrogen-bond donors (Lipinski definition) is 3. The van der Waals surface area contributed by atoms with Gasteiger partial charge in [0.1, 0.15) is 0 Å². The van der Waals surface area contributed by atoms with E-state index in [0.717, 1.165) is 38.5 Å². The van der Waals surface area contributed by atoms with Gasteiger partial charge in [0.15, 0.2) is 0 Å². The molecule has 57 heavy (non-hydrogen) atoms. The number of hydrogen-bond acceptors (Lipinski definition) is 3. The van der Waals surface area contributed by atoms with Crippen LogP contribution in [0.25, 0.3) is 0 Å². The summed E-state index contributed by atoms with van der Waals surface area (Å²) in [6, 6.07) is 0. The topological polar surface area (TPSA) is 112 Å². The van der Waals surface area contributed by atoms with Crippen LogP contribution in [0.3, 0.4) is 0 Å². The van der Waals surface area contributed by atoms with Gasteiger partial charge in [0.05, 0.1) is 0 Å². The number of carbonyl (C=O) groups is 3. The summed E-state index contributed by atoms with van der Waals surface area (Å²) in [4.78, 5) is 30.9. The van der Waals surface area contributed by atoms with Crippen LogP contribution < -0.4 is 0 Å². The van der Waals surface area contributed by atoms with Gasteiger partial charge in [0.2, 0.25) is 0 Å². The van der Waals surface area contributed by atoms with Crippen LogP contribution in [0.4, 0.5) is 0 Å². The highest BCUT2D eigenvalue weighted by Gasteiger charge is 1.99. The van der Waals surface area contributed by atoms with Crippen molar-refractivity contribution in [3.8, 4) is 0 Å². The lowest BCUT2D eigenvalue weighted by Crippen LogP contribution is -1.93. The van der Waals surface area contributed by atoms with Gasteiger partial charge in [0.25, 0.3) is 0 Å². The molecule has 6 heteroatoms. The molecule has 0 saturated carbocycles. The zero-order valence-corrected chi connectivity index (χ0v) is 39.5. The van der Waals surface area contributed by atoms with Crippen molar-refractivity contribution in [2.24, 2.45) is 0 Å². The highest BCUT2D eigenvalue weighted by atomic mass is 16.4. The van der Waals surface area contributed by atoms with Crippen molar-refractivity contribution in [3.05, 3.63) is 0 Å². The lowest BCUT2D eigenvalue weighted by Gasteiger charge is -2.02. The van der Waals surface area contributed by atoms with Gasteiger partial charge in [-0.25, -0.2) is 0 Å². The molecule has 0 spiro atoms. The summed E-state index contributed by atoms with van der Waals surface area (Å²) >= 11 is 0. The van der Waals surface area contributed by atoms with Gasteiger partial charge < -0.3 is 15.3 Å². The monoisotopic (exact) mass is 813 g/mol. The van der Waals surface area contributed by atoms with Gasteiger partial charge in [0, 0.05) is 19.3 Å². The second-order valence-corrected chi connectivity index (χ2v) is 16.9. The molecule has 0 radical (unpaired) electrons. The van der Waals surface area contributed by atoms with Crippen LogP contribution in [0.5, 0.6) is 0 Å². The van der Waals surface area contributed by atoms with E-state index in [1.807, 2.05) is 0 Å². The zero-order chi connectivity index (χ0) is 43.1. The molecule has 6 nitrogen and oxygen atoms in total. The third kappa shape index (κ3) is 79.3. The summed E-state index contributed by atoms with van der Waals surface area (Å²) in [7, 11) is 0. The van der Waals surface area contributed by atoms with Gasteiger partial charge in [-0.1, -0.05) is 272 Å². The van der Waals surface area contributed by atoms with Gasteiger partial charge in [-0.05, 0) is 19.3 Å². The first kappa shape index (κ1) is 62.1. The van der Waals surface area contributed by atoms with E-state index >= 15 is 0 Å². The highest BCUT2D eigenvalue weighted by molar-refractivity contribution is 5.67. The average molecular weight is 813 g/mol. The van der Waals surface area contributed by atoms with E-state index in [1.165, 1.54) is 218 Å². The van der Waals surface area contributed by atoms with E-state index in [-0.39, 0.29) is 0 Å². The van der Waals surface area contributed by atoms with Gasteiger partial charge in [-0.3, -0.25) is 14.4 Å². The van der Waals surface area contributed by atoms with E-state index in [1.54, 1.807) is 0 Å². The molecular weight excluding hydrogens is 709 g/mol. The van der Waals surface area contributed by atoms with Crippen LogP contribution in [0.2, 0.25) is 0 Å². The molecule has 0 aromatic carbocycles. The smallest absolute Gasteiger partial charge is 0.303 e. The van der Waals surface area contributed by atoms with Gasteiger partial charge in [-0.2, -0.15) is 0 Å². The maximum absolute atomic E-state index is 10.3. The van der Waals surface area contributed by atoms with E-state index in [2.05, 4.69) is 34.6 Å². The summed E-state index contributed by atoms with van der Waals surface area (Å²) < 4.78 is 0. The van der Waals surface area contributed by atoms with Crippen molar-refractivity contribution < 1.29 is 29.7 Å². The van der Waals surface area contributed by atoms with Crippen LogP contribution in [0, 0.1) is 0 Å².